The number of halogens is 2. The summed E-state index contributed by atoms with van der Waals surface area (Å²) < 4.78 is 0. The first-order valence-electron chi connectivity index (χ1n) is 8.07. The first-order valence-corrected chi connectivity index (χ1v) is 9.22. The van der Waals surface area contributed by atoms with Crippen LogP contribution < -0.4 is 11.1 Å². The Labute approximate surface area is 162 Å². The van der Waals surface area contributed by atoms with Gasteiger partial charge in [-0.15, -0.1) is 24.8 Å². The van der Waals surface area contributed by atoms with E-state index in [-0.39, 0.29) is 30.7 Å². The average molecular weight is 394 g/mol. The molecule has 1 aliphatic rings. The van der Waals surface area contributed by atoms with Gasteiger partial charge in [-0.05, 0) is 30.5 Å². The standard InChI is InChI=1S/C17H27N3OS.2ClH/c1-3-5-15(18)17(21)19-16-7-4-6-14(13(16)2)12-20-8-10-22-11-9-20;;/h4,6-7,15H,3,5,8-12,18H2,1-2H3,(H,19,21);2*1H. The van der Waals surface area contributed by atoms with Crippen molar-refractivity contribution in [1.82, 2.24) is 4.90 Å². The molecule has 1 fully saturated rings. The van der Waals surface area contributed by atoms with Gasteiger partial charge in [-0.1, -0.05) is 25.5 Å². The van der Waals surface area contributed by atoms with Crippen LogP contribution in [-0.4, -0.2) is 41.4 Å². The van der Waals surface area contributed by atoms with Crippen LogP contribution in [0.1, 0.15) is 30.9 Å². The molecule has 1 aliphatic heterocycles. The average Bonchev–Trinajstić information content (AvgIpc) is 2.52. The van der Waals surface area contributed by atoms with Crippen molar-refractivity contribution in [2.24, 2.45) is 5.73 Å². The lowest BCUT2D eigenvalue weighted by molar-refractivity contribution is -0.117. The lowest BCUT2D eigenvalue weighted by Gasteiger charge is -2.27. The highest BCUT2D eigenvalue weighted by molar-refractivity contribution is 7.99. The number of rotatable bonds is 6. The van der Waals surface area contributed by atoms with Gasteiger partial charge < -0.3 is 11.1 Å². The van der Waals surface area contributed by atoms with Crippen LogP contribution in [0.3, 0.4) is 0 Å². The Balaban J connectivity index is 0.00000264. The Morgan fingerprint density at radius 3 is 2.62 bits per heavy atom. The molecule has 1 heterocycles. The van der Waals surface area contributed by atoms with Crippen LogP contribution in [0.25, 0.3) is 0 Å². The van der Waals surface area contributed by atoms with Gasteiger partial charge in [-0.25, -0.2) is 0 Å². The summed E-state index contributed by atoms with van der Waals surface area (Å²) in [5.41, 5.74) is 9.22. The van der Waals surface area contributed by atoms with Gasteiger partial charge in [0.1, 0.15) is 0 Å². The van der Waals surface area contributed by atoms with Gasteiger partial charge in [0.05, 0.1) is 6.04 Å². The SMILES string of the molecule is CCCC(N)C(=O)Nc1cccc(CN2CCSCC2)c1C.Cl.Cl. The van der Waals surface area contributed by atoms with Crippen LogP contribution in [0.5, 0.6) is 0 Å². The van der Waals surface area contributed by atoms with E-state index in [4.69, 9.17) is 5.73 Å². The van der Waals surface area contributed by atoms with Crippen molar-refractivity contribution in [3.63, 3.8) is 0 Å². The van der Waals surface area contributed by atoms with Crippen molar-refractivity contribution in [3.05, 3.63) is 29.3 Å². The van der Waals surface area contributed by atoms with Gasteiger partial charge in [0.25, 0.3) is 0 Å². The quantitative estimate of drug-likeness (QED) is 0.776. The molecule has 0 aliphatic carbocycles. The van der Waals surface area contributed by atoms with Gasteiger partial charge >= 0.3 is 0 Å². The molecular formula is C17H29Cl2N3OS. The molecule has 24 heavy (non-hydrogen) atoms. The van der Waals surface area contributed by atoms with Crippen molar-refractivity contribution in [2.75, 3.05) is 29.9 Å². The zero-order valence-electron chi connectivity index (χ0n) is 14.4. The number of thioether (sulfide) groups is 1. The number of nitrogens with zero attached hydrogens (tertiary/aromatic N) is 1. The van der Waals surface area contributed by atoms with E-state index in [9.17, 15) is 4.79 Å². The van der Waals surface area contributed by atoms with E-state index >= 15 is 0 Å². The Bertz CT molecular complexity index is 511. The smallest absolute Gasteiger partial charge is 0.241 e. The first-order chi connectivity index (χ1) is 10.6. The third-order valence-electron chi connectivity index (χ3n) is 4.14. The predicted molar refractivity (Wildman–Crippen MR) is 110 cm³/mol. The van der Waals surface area contributed by atoms with Crippen molar-refractivity contribution in [1.29, 1.82) is 0 Å². The second-order valence-corrected chi connectivity index (χ2v) is 7.09. The van der Waals surface area contributed by atoms with Crippen molar-refractivity contribution >= 4 is 48.2 Å². The predicted octanol–water partition coefficient (Wildman–Crippen LogP) is 3.45. The molecule has 0 bridgehead atoms. The van der Waals surface area contributed by atoms with E-state index in [1.165, 1.54) is 17.1 Å². The first kappa shape index (κ1) is 23.5. The minimum Gasteiger partial charge on any atom is -0.324 e. The van der Waals surface area contributed by atoms with Crippen LogP contribution in [-0.2, 0) is 11.3 Å². The molecule has 1 aromatic rings. The van der Waals surface area contributed by atoms with Crippen LogP contribution in [0.4, 0.5) is 5.69 Å². The molecule has 0 aromatic heterocycles. The minimum atomic E-state index is -0.424. The maximum absolute atomic E-state index is 12.1. The Morgan fingerprint density at radius 2 is 2.00 bits per heavy atom. The van der Waals surface area contributed by atoms with Crippen molar-refractivity contribution < 1.29 is 4.79 Å². The fourth-order valence-corrected chi connectivity index (χ4v) is 3.64. The number of carbonyl (C=O) groups excluding carboxylic acids is 1. The maximum atomic E-state index is 12.1. The van der Waals surface area contributed by atoms with Gasteiger partial charge in [-0.2, -0.15) is 11.8 Å². The van der Waals surface area contributed by atoms with Crippen LogP contribution >= 0.6 is 36.6 Å². The molecule has 4 nitrogen and oxygen atoms in total. The third-order valence-corrected chi connectivity index (χ3v) is 5.08. The largest absolute Gasteiger partial charge is 0.324 e. The second-order valence-electron chi connectivity index (χ2n) is 5.86. The van der Waals surface area contributed by atoms with E-state index in [1.54, 1.807) is 0 Å². The summed E-state index contributed by atoms with van der Waals surface area (Å²) in [5, 5.41) is 2.99. The van der Waals surface area contributed by atoms with Gasteiger partial charge in [0, 0.05) is 36.8 Å². The monoisotopic (exact) mass is 393 g/mol. The van der Waals surface area contributed by atoms with Crippen LogP contribution in [0, 0.1) is 6.92 Å². The Hall–Kier alpha value is -0.460. The highest BCUT2D eigenvalue weighted by Gasteiger charge is 2.16. The number of nitrogens with one attached hydrogen (secondary N) is 1. The van der Waals surface area contributed by atoms with E-state index in [2.05, 4.69) is 23.2 Å². The van der Waals surface area contributed by atoms with Gasteiger partial charge in [-0.3, -0.25) is 9.69 Å². The van der Waals surface area contributed by atoms with Gasteiger partial charge in [0.2, 0.25) is 5.91 Å². The Morgan fingerprint density at radius 1 is 1.33 bits per heavy atom. The number of carbonyl (C=O) groups is 1. The van der Waals surface area contributed by atoms with E-state index in [0.29, 0.717) is 0 Å². The molecule has 1 atom stereocenters. The molecule has 3 N–H and O–H groups in total. The lowest BCUT2D eigenvalue weighted by Crippen LogP contribution is -2.35. The fraction of sp³-hybridized carbons (Fsp3) is 0.588. The number of anilines is 1. The number of amides is 1. The van der Waals surface area contributed by atoms with E-state index < -0.39 is 6.04 Å². The highest BCUT2D eigenvalue weighted by Crippen LogP contribution is 2.22. The molecule has 138 valence electrons. The Kier molecular flexibility index (Phi) is 11.8. The number of nitrogens with two attached hydrogens (primary N) is 1. The molecular weight excluding hydrogens is 365 g/mol. The number of hydrogen-bond acceptors (Lipinski definition) is 4. The maximum Gasteiger partial charge on any atom is 0.241 e. The van der Waals surface area contributed by atoms with Gasteiger partial charge in [0.15, 0.2) is 0 Å². The summed E-state index contributed by atoms with van der Waals surface area (Å²) >= 11 is 2.02. The third kappa shape index (κ3) is 6.81. The molecule has 1 unspecified atom stereocenters. The minimum absolute atomic E-state index is 0. The van der Waals surface area contributed by atoms with Crippen molar-refractivity contribution in [2.45, 2.75) is 39.3 Å². The summed E-state index contributed by atoms with van der Waals surface area (Å²) in [6.45, 7) is 7.35. The van der Waals surface area contributed by atoms with Crippen LogP contribution in [0.15, 0.2) is 18.2 Å². The molecule has 1 amide bonds. The molecule has 0 radical (unpaired) electrons. The molecule has 1 saturated heterocycles. The molecule has 0 saturated carbocycles. The summed E-state index contributed by atoms with van der Waals surface area (Å²) in [6, 6.07) is 5.70. The van der Waals surface area contributed by atoms with E-state index in [1.807, 2.05) is 30.8 Å². The summed E-state index contributed by atoms with van der Waals surface area (Å²) in [7, 11) is 0. The molecule has 1 aromatic carbocycles. The molecule has 2 rings (SSSR count). The number of hydrogen-bond donors (Lipinski definition) is 2. The van der Waals surface area contributed by atoms with E-state index in [0.717, 1.165) is 43.7 Å². The van der Waals surface area contributed by atoms with Crippen molar-refractivity contribution in [3.8, 4) is 0 Å². The second kappa shape index (κ2) is 12.0. The topological polar surface area (TPSA) is 58.4 Å². The summed E-state index contributed by atoms with van der Waals surface area (Å²) in [4.78, 5) is 14.6. The van der Waals surface area contributed by atoms with Crippen LogP contribution in [0.2, 0.25) is 0 Å². The summed E-state index contributed by atoms with van der Waals surface area (Å²) in [5.74, 6) is 2.33. The summed E-state index contributed by atoms with van der Waals surface area (Å²) in [6.07, 6.45) is 1.64. The number of benzene rings is 1. The lowest BCUT2D eigenvalue weighted by atomic mass is 10.1. The molecule has 7 heteroatoms. The molecule has 0 spiro atoms. The zero-order valence-corrected chi connectivity index (χ0v) is 16.9. The zero-order chi connectivity index (χ0) is 15.9. The highest BCUT2D eigenvalue weighted by atomic mass is 35.5. The normalized spacial score (nSPS) is 15.8. The fourth-order valence-electron chi connectivity index (χ4n) is 2.66.